The molecule has 2 N–H and O–H groups in total. The van der Waals surface area contributed by atoms with E-state index < -0.39 is 0 Å². The summed E-state index contributed by atoms with van der Waals surface area (Å²) in [6.45, 7) is 13.8. The Labute approximate surface area is 112 Å². The highest BCUT2D eigenvalue weighted by Crippen LogP contribution is 1.94. The summed E-state index contributed by atoms with van der Waals surface area (Å²) in [4.78, 5) is 13.7. The normalized spacial score (nSPS) is 10.6. The third-order valence-corrected chi connectivity index (χ3v) is 2.94. The first-order valence-electron chi connectivity index (χ1n) is 7.05. The van der Waals surface area contributed by atoms with Gasteiger partial charge in [0.25, 0.3) is 0 Å². The van der Waals surface area contributed by atoms with E-state index in [4.69, 9.17) is 0 Å². The minimum Gasteiger partial charge on any atom is -0.355 e. The van der Waals surface area contributed by atoms with Gasteiger partial charge >= 0.3 is 0 Å². The number of likely N-dealkylation sites (N-methyl/N-ethyl adjacent to an activating group) is 1. The SMILES string of the molecule is C=CCCCC(=O)NCCNCCN(CC)CC. The molecule has 18 heavy (non-hydrogen) atoms. The van der Waals surface area contributed by atoms with Crippen LogP contribution in [-0.2, 0) is 4.79 Å². The number of nitrogens with one attached hydrogen (secondary N) is 2. The summed E-state index contributed by atoms with van der Waals surface area (Å²) in [5.74, 6) is 0.141. The number of allylic oxidation sites excluding steroid dienone is 1. The lowest BCUT2D eigenvalue weighted by Gasteiger charge is -2.18. The first kappa shape index (κ1) is 17.1. The van der Waals surface area contributed by atoms with E-state index in [0.717, 1.165) is 45.6 Å². The van der Waals surface area contributed by atoms with Crippen molar-refractivity contribution in [2.24, 2.45) is 0 Å². The van der Waals surface area contributed by atoms with E-state index in [0.29, 0.717) is 13.0 Å². The molecular weight excluding hydrogens is 226 g/mol. The number of rotatable bonds is 12. The van der Waals surface area contributed by atoms with Crippen molar-refractivity contribution in [1.82, 2.24) is 15.5 Å². The molecule has 0 spiro atoms. The summed E-state index contributed by atoms with van der Waals surface area (Å²) >= 11 is 0. The summed E-state index contributed by atoms with van der Waals surface area (Å²) in [6.07, 6.45) is 4.26. The van der Waals surface area contributed by atoms with Crippen LogP contribution in [0.1, 0.15) is 33.1 Å². The van der Waals surface area contributed by atoms with Crippen molar-refractivity contribution >= 4 is 5.91 Å². The Balaban J connectivity index is 3.29. The number of nitrogens with zero attached hydrogens (tertiary/aromatic N) is 1. The number of hydrogen-bond acceptors (Lipinski definition) is 3. The molecule has 0 fully saturated rings. The number of amides is 1. The van der Waals surface area contributed by atoms with Crippen LogP contribution in [-0.4, -0.2) is 50.1 Å². The summed E-state index contributed by atoms with van der Waals surface area (Å²) < 4.78 is 0. The van der Waals surface area contributed by atoms with Crippen LogP contribution in [0.2, 0.25) is 0 Å². The molecule has 4 heteroatoms. The largest absolute Gasteiger partial charge is 0.355 e. The third-order valence-electron chi connectivity index (χ3n) is 2.94. The molecule has 1 amide bonds. The molecule has 4 nitrogen and oxygen atoms in total. The molecule has 0 aromatic heterocycles. The molecule has 0 saturated carbocycles. The average Bonchev–Trinajstić information content (AvgIpc) is 2.38. The van der Waals surface area contributed by atoms with Gasteiger partial charge in [0.15, 0.2) is 0 Å². The van der Waals surface area contributed by atoms with Gasteiger partial charge in [0.05, 0.1) is 0 Å². The van der Waals surface area contributed by atoms with Gasteiger partial charge in [-0.3, -0.25) is 4.79 Å². The number of carbonyl (C=O) groups is 1. The van der Waals surface area contributed by atoms with E-state index in [9.17, 15) is 4.79 Å². The Morgan fingerprint density at radius 1 is 1.22 bits per heavy atom. The molecule has 0 aromatic carbocycles. The lowest BCUT2D eigenvalue weighted by Crippen LogP contribution is -2.36. The van der Waals surface area contributed by atoms with Crippen LogP contribution in [0, 0.1) is 0 Å². The zero-order valence-electron chi connectivity index (χ0n) is 12.0. The van der Waals surface area contributed by atoms with E-state index >= 15 is 0 Å². The van der Waals surface area contributed by atoms with Gasteiger partial charge in [0, 0.05) is 32.6 Å². The van der Waals surface area contributed by atoms with Crippen LogP contribution in [0.15, 0.2) is 12.7 Å². The van der Waals surface area contributed by atoms with Crippen LogP contribution >= 0.6 is 0 Å². The maximum atomic E-state index is 11.4. The quantitative estimate of drug-likeness (QED) is 0.409. The smallest absolute Gasteiger partial charge is 0.220 e. The van der Waals surface area contributed by atoms with E-state index in [1.165, 1.54) is 0 Å². The third kappa shape index (κ3) is 10.3. The Hall–Kier alpha value is -0.870. The highest BCUT2D eigenvalue weighted by molar-refractivity contribution is 5.75. The highest BCUT2D eigenvalue weighted by atomic mass is 16.1. The topological polar surface area (TPSA) is 44.4 Å². The summed E-state index contributed by atoms with van der Waals surface area (Å²) in [5, 5.41) is 6.24. The molecule has 0 bridgehead atoms. The zero-order valence-corrected chi connectivity index (χ0v) is 12.0. The Bertz CT molecular complexity index is 215. The molecule has 0 unspecified atom stereocenters. The second-order valence-electron chi connectivity index (χ2n) is 4.31. The van der Waals surface area contributed by atoms with Crippen molar-refractivity contribution in [3.63, 3.8) is 0 Å². The van der Waals surface area contributed by atoms with Crippen molar-refractivity contribution in [2.75, 3.05) is 39.3 Å². The number of hydrogen-bond donors (Lipinski definition) is 2. The van der Waals surface area contributed by atoms with E-state index in [1.54, 1.807) is 0 Å². The van der Waals surface area contributed by atoms with Gasteiger partial charge in [0.2, 0.25) is 5.91 Å². The lowest BCUT2D eigenvalue weighted by molar-refractivity contribution is -0.121. The van der Waals surface area contributed by atoms with Crippen LogP contribution < -0.4 is 10.6 Å². The molecule has 0 saturated heterocycles. The average molecular weight is 255 g/mol. The first-order valence-corrected chi connectivity index (χ1v) is 7.05. The molecule has 0 atom stereocenters. The Kier molecular flexibility index (Phi) is 12.0. The van der Waals surface area contributed by atoms with E-state index in [2.05, 4.69) is 36.0 Å². The predicted octanol–water partition coefficient (Wildman–Crippen LogP) is 1.39. The van der Waals surface area contributed by atoms with Crippen molar-refractivity contribution in [2.45, 2.75) is 33.1 Å². The lowest BCUT2D eigenvalue weighted by atomic mass is 10.2. The Morgan fingerprint density at radius 3 is 2.56 bits per heavy atom. The van der Waals surface area contributed by atoms with Crippen LogP contribution in [0.5, 0.6) is 0 Å². The van der Waals surface area contributed by atoms with Gasteiger partial charge in [0.1, 0.15) is 0 Å². The molecule has 0 aliphatic carbocycles. The number of carbonyl (C=O) groups excluding carboxylic acids is 1. The fourth-order valence-electron chi connectivity index (χ4n) is 1.69. The minimum atomic E-state index is 0.141. The fourth-order valence-corrected chi connectivity index (χ4v) is 1.69. The molecule has 106 valence electrons. The summed E-state index contributed by atoms with van der Waals surface area (Å²) in [7, 11) is 0. The molecular formula is C14H29N3O. The highest BCUT2D eigenvalue weighted by Gasteiger charge is 2.00. The minimum absolute atomic E-state index is 0.141. The molecule has 0 rings (SSSR count). The van der Waals surface area contributed by atoms with Gasteiger partial charge in [-0.25, -0.2) is 0 Å². The molecule has 0 aliphatic heterocycles. The maximum absolute atomic E-state index is 11.4. The van der Waals surface area contributed by atoms with Crippen molar-refractivity contribution in [1.29, 1.82) is 0 Å². The van der Waals surface area contributed by atoms with Crippen molar-refractivity contribution in [3.05, 3.63) is 12.7 Å². The fraction of sp³-hybridized carbons (Fsp3) is 0.786. The number of unbranched alkanes of at least 4 members (excludes halogenated alkanes) is 1. The van der Waals surface area contributed by atoms with E-state index in [1.807, 2.05) is 6.08 Å². The summed E-state index contributed by atoms with van der Waals surface area (Å²) in [5.41, 5.74) is 0. The van der Waals surface area contributed by atoms with Gasteiger partial charge in [-0.05, 0) is 25.9 Å². The summed E-state index contributed by atoms with van der Waals surface area (Å²) in [6, 6.07) is 0. The second kappa shape index (κ2) is 12.6. The molecule has 0 aliphatic rings. The monoisotopic (exact) mass is 255 g/mol. The van der Waals surface area contributed by atoms with Crippen LogP contribution in [0.25, 0.3) is 0 Å². The molecule has 0 aromatic rings. The molecule has 0 radical (unpaired) electrons. The first-order chi connectivity index (χ1) is 8.74. The van der Waals surface area contributed by atoms with Crippen LogP contribution in [0.3, 0.4) is 0 Å². The van der Waals surface area contributed by atoms with E-state index in [-0.39, 0.29) is 5.91 Å². The maximum Gasteiger partial charge on any atom is 0.220 e. The Morgan fingerprint density at radius 2 is 1.94 bits per heavy atom. The zero-order chi connectivity index (χ0) is 13.6. The van der Waals surface area contributed by atoms with Gasteiger partial charge in [-0.2, -0.15) is 0 Å². The van der Waals surface area contributed by atoms with Crippen molar-refractivity contribution in [3.8, 4) is 0 Å². The standard InChI is InChI=1S/C14H29N3O/c1-4-7-8-9-14(18)16-11-10-15-12-13-17(5-2)6-3/h4,15H,1,5-13H2,2-3H3,(H,16,18). The van der Waals surface area contributed by atoms with Crippen molar-refractivity contribution < 1.29 is 4.79 Å². The van der Waals surface area contributed by atoms with Gasteiger partial charge < -0.3 is 15.5 Å². The van der Waals surface area contributed by atoms with Gasteiger partial charge in [-0.1, -0.05) is 19.9 Å². The second-order valence-corrected chi connectivity index (χ2v) is 4.31. The molecule has 0 heterocycles. The van der Waals surface area contributed by atoms with Crippen LogP contribution in [0.4, 0.5) is 0 Å². The predicted molar refractivity (Wildman–Crippen MR) is 77.7 cm³/mol. The van der Waals surface area contributed by atoms with Gasteiger partial charge in [-0.15, -0.1) is 6.58 Å².